The van der Waals surface area contributed by atoms with Crippen LogP contribution in [0.2, 0.25) is 0 Å². The molecule has 0 atom stereocenters. The van der Waals surface area contributed by atoms with Crippen molar-refractivity contribution in [1.29, 1.82) is 0 Å². The summed E-state index contributed by atoms with van der Waals surface area (Å²) in [6, 6.07) is 5.84. The molecule has 1 aromatic rings. The Morgan fingerprint density at radius 3 is 2.62 bits per heavy atom. The molecule has 0 bridgehead atoms. The van der Waals surface area contributed by atoms with Crippen molar-refractivity contribution >= 4 is 0 Å². The van der Waals surface area contributed by atoms with E-state index in [4.69, 9.17) is 11.5 Å². The van der Waals surface area contributed by atoms with Crippen LogP contribution in [0.15, 0.2) is 18.2 Å². The summed E-state index contributed by atoms with van der Waals surface area (Å²) in [5.74, 6) is 2.64. The third-order valence-corrected chi connectivity index (χ3v) is 2.07. The summed E-state index contributed by atoms with van der Waals surface area (Å²) in [4.78, 5) is 0. The number of rotatable bonds is 3. The van der Waals surface area contributed by atoms with Crippen LogP contribution in [-0.2, 0) is 13.0 Å². The largest absolute Gasteiger partial charge is 0.392 e. The molecular weight excluding hydrogens is 160 g/mol. The van der Waals surface area contributed by atoms with Gasteiger partial charge in [0.15, 0.2) is 0 Å². The van der Waals surface area contributed by atoms with Gasteiger partial charge in [-0.3, -0.25) is 0 Å². The molecule has 0 saturated carbocycles. The number of aliphatic hydroxyl groups excluding tert-OH is 1. The van der Waals surface area contributed by atoms with E-state index in [0.29, 0.717) is 0 Å². The second-order valence-corrected chi connectivity index (χ2v) is 3.00. The van der Waals surface area contributed by atoms with E-state index in [9.17, 15) is 0 Å². The Labute approximate surface area is 79.4 Å². The van der Waals surface area contributed by atoms with Crippen molar-refractivity contribution in [1.82, 2.24) is 0 Å². The molecule has 1 rings (SSSR count). The summed E-state index contributed by atoms with van der Waals surface area (Å²) in [6.07, 6.45) is 7.45. The van der Waals surface area contributed by atoms with Crippen molar-refractivity contribution in [3.63, 3.8) is 0 Å². The zero-order valence-corrected chi connectivity index (χ0v) is 7.88. The van der Waals surface area contributed by atoms with Gasteiger partial charge in [0.2, 0.25) is 0 Å². The van der Waals surface area contributed by atoms with Gasteiger partial charge in [-0.15, -0.1) is 6.42 Å². The number of aryl methyl sites for hydroxylation is 1. The number of hydrogen-bond acceptors (Lipinski definition) is 1. The average molecular weight is 174 g/mol. The molecule has 1 aromatic carbocycles. The van der Waals surface area contributed by atoms with Gasteiger partial charge in [-0.2, -0.15) is 0 Å². The van der Waals surface area contributed by atoms with Gasteiger partial charge >= 0.3 is 0 Å². The smallest absolute Gasteiger partial charge is 0.0694 e. The summed E-state index contributed by atoms with van der Waals surface area (Å²) in [5.41, 5.74) is 2.89. The molecule has 0 saturated heterocycles. The third-order valence-electron chi connectivity index (χ3n) is 2.07. The van der Waals surface area contributed by atoms with E-state index in [1.807, 2.05) is 18.2 Å². The minimum atomic E-state index is 0.0249. The molecule has 0 aliphatic carbocycles. The molecule has 0 aliphatic heterocycles. The van der Waals surface area contributed by atoms with Crippen molar-refractivity contribution in [3.05, 3.63) is 34.9 Å². The molecule has 0 fully saturated rings. The lowest BCUT2D eigenvalue weighted by Crippen LogP contribution is -1.95. The fraction of sp³-hybridized carbons (Fsp3) is 0.333. The number of aliphatic hydroxyl groups is 1. The van der Waals surface area contributed by atoms with Gasteiger partial charge in [0.05, 0.1) is 6.61 Å². The average Bonchev–Trinajstić information content (AvgIpc) is 2.18. The van der Waals surface area contributed by atoms with Crippen molar-refractivity contribution < 1.29 is 5.11 Å². The van der Waals surface area contributed by atoms with Crippen LogP contribution in [0, 0.1) is 12.3 Å². The second kappa shape index (κ2) is 4.69. The summed E-state index contributed by atoms with van der Waals surface area (Å²) in [7, 11) is 0. The molecule has 0 amide bonds. The maximum absolute atomic E-state index is 9.05. The second-order valence-electron chi connectivity index (χ2n) is 3.00. The lowest BCUT2D eigenvalue weighted by Gasteiger charge is -2.06. The van der Waals surface area contributed by atoms with E-state index in [0.717, 1.165) is 29.5 Å². The fourth-order valence-corrected chi connectivity index (χ4v) is 1.45. The van der Waals surface area contributed by atoms with E-state index < -0.39 is 0 Å². The van der Waals surface area contributed by atoms with Crippen molar-refractivity contribution in [2.75, 3.05) is 0 Å². The Morgan fingerprint density at radius 2 is 2.08 bits per heavy atom. The highest BCUT2D eigenvalue weighted by atomic mass is 16.3. The first kappa shape index (κ1) is 9.83. The van der Waals surface area contributed by atoms with Crippen LogP contribution in [0.1, 0.15) is 30.0 Å². The molecule has 0 spiro atoms. The number of hydrogen-bond donors (Lipinski definition) is 1. The van der Waals surface area contributed by atoms with Crippen LogP contribution in [0.3, 0.4) is 0 Å². The summed E-state index contributed by atoms with van der Waals surface area (Å²) in [5, 5.41) is 9.05. The third kappa shape index (κ3) is 2.11. The predicted octanol–water partition coefficient (Wildman–Crippen LogP) is 2.11. The molecule has 68 valence electrons. The normalized spacial score (nSPS) is 9.62. The van der Waals surface area contributed by atoms with Crippen LogP contribution in [0.5, 0.6) is 0 Å². The first-order chi connectivity index (χ1) is 6.33. The van der Waals surface area contributed by atoms with Crippen LogP contribution in [0.4, 0.5) is 0 Å². The molecule has 1 nitrogen and oxygen atoms in total. The highest BCUT2D eigenvalue weighted by molar-refractivity contribution is 5.46. The Bertz CT molecular complexity index is 320. The van der Waals surface area contributed by atoms with Crippen LogP contribution in [0.25, 0.3) is 0 Å². The first-order valence-corrected chi connectivity index (χ1v) is 4.51. The minimum absolute atomic E-state index is 0.0249. The zero-order chi connectivity index (χ0) is 9.68. The van der Waals surface area contributed by atoms with E-state index in [2.05, 4.69) is 12.8 Å². The molecule has 0 heterocycles. The van der Waals surface area contributed by atoms with Crippen molar-refractivity contribution in [2.45, 2.75) is 26.4 Å². The standard InChI is InChI=1S/C12H14O/c1-3-6-10-7-5-8-11(9-13)12(10)4-2/h2,5,7-8,13H,3,6,9H2,1H3. The number of benzene rings is 1. The monoisotopic (exact) mass is 174 g/mol. The zero-order valence-electron chi connectivity index (χ0n) is 7.88. The van der Waals surface area contributed by atoms with Gasteiger partial charge in [0.1, 0.15) is 0 Å². The summed E-state index contributed by atoms with van der Waals surface area (Å²) >= 11 is 0. The Morgan fingerprint density at radius 1 is 1.38 bits per heavy atom. The maximum atomic E-state index is 9.05. The van der Waals surface area contributed by atoms with Gasteiger partial charge < -0.3 is 5.11 Å². The van der Waals surface area contributed by atoms with Gasteiger partial charge in [-0.25, -0.2) is 0 Å². The van der Waals surface area contributed by atoms with Crippen LogP contribution < -0.4 is 0 Å². The quantitative estimate of drug-likeness (QED) is 0.696. The summed E-state index contributed by atoms with van der Waals surface area (Å²) < 4.78 is 0. The van der Waals surface area contributed by atoms with Crippen LogP contribution in [-0.4, -0.2) is 5.11 Å². The van der Waals surface area contributed by atoms with E-state index >= 15 is 0 Å². The van der Waals surface area contributed by atoms with E-state index in [1.54, 1.807) is 0 Å². The highest BCUT2D eigenvalue weighted by Crippen LogP contribution is 2.15. The first-order valence-electron chi connectivity index (χ1n) is 4.51. The lowest BCUT2D eigenvalue weighted by molar-refractivity contribution is 0.281. The molecule has 1 heteroatoms. The lowest BCUT2D eigenvalue weighted by atomic mass is 9.99. The van der Waals surface area contributed by atoms with Gasteiger partial charge in [0.25, 0.3) is 0 Å². The predicted molar refractivity (Wildman–Crippen MR) is 54.3 cm³/mol. The van der Waals surface area contributed by atoms with Gasteiger partial charge in [-0.1, -0.05) is 37.5 Å². The highest BCUT2D eigenvalue weighted by Gasteiger charge is 2.03. The van der Waals surface area contributed by atoms with Gasteiger partial charge in [0, 0.05) is 5.56 Å². The van der Waals surface area contributed by atoms with Crippen LogP contribution >= 0.6 is 0 Å². The maximum Gasteiger partial charge on any atom is 0.0694 e. The molecule has 13 heavy (non-hydrogen) atoms. The van der Waals surface area contributed by atoms with Crippen molar-refractivity contribution in [3.8, 4) is 12.3 Å². The molecule has 0 aromatic heterocycles. The molecule has 0 radical (unpaired) electrons. The fourth-order valence-electron chi connectivity index (χ4n) is 1.45. The molecule has 1 N–H and O–H groups in total. The molecule has 0 aliphatic rings. The van der Waals surface area contributed by atoms with Gasteiger partial charge in [-0.05, 0) is 17.5 Å². The van der Waals surface area contributed by atoms with Crippen molar-refractivity contribution in [2.24, 2.45) is 0 Å². The molecule has 0 unspecified atom stereocenters. The summed E-state index contributed by atoms with van der Waals surface area (Å²) in [6.45, 7) is 2.14. The van der Waals surface area contributed by atoms with E-state index in [-0.39, 0.29) is 6.61 Å². The van der Waals surface area contributed by atoms with E-state index in [1.165, 1.54) is 0 Å². The minimum Gasteiger partial charge on any atom is -0.392 e. The Kier molecular flexibility index (Phi) is 3.54. The topological polar surface area (TPSA) is 20.2 Å². The Balaban J connectivity index is 3.13. The molecular formula is C12H14O. The SMILES string of the molecule is C#Cc1c(CO)cccc1CCC. The Hall–Kier alpha value is -1.26. The number of terminal acetylenes is 1.